The summed E-state index contributed by atoms with van der Waals surface area (Å²) < 4.78 is 5.54. The van der Waals surface area contributed by atoms with E-state index in [1.54, 1.807) is 25.1 Å². The molecule has 188 valence electrons. The van der Waals surface area contributed by atoms with E-state index in [1.165, 1.54) is 29.2 Å². The van der Waals surface area contributed by atoms with Gasteiger partial charge in [0.1, 0.15) is 5.60 Å². The van der Waals surface area contributed by atoms with Crippen molar-refractivity contribution in [2.24, 2.45) is 11.8 Å². The summed E-state index contributed by atoms with van der Waals surface area (Å²) in [6.07, 6.45) is -0.715. The van der Waals surface area contributed by atoms with Crippen molar-refractivity contribution < 1.29 is 29.0 Å². The smallest absolute Gasteiger partial charge is 0.375 e. The molecular weight excluding hydrogens is 493 g/mol. The number of nitrogens with zero attached hydrogens (tertiary/aromatic N) is 1. The van der Waals surface area contributed by atoms with Crippen molar-refractivity contribution in [3.8, 4) is 0 Å². The summed E-state index contributed by atoms with van der Waals surface area (Å²) in [5.74, 6) is -3.91. The molecule has 7 nitrogen and oxygen atoms in total. The van der Waals surface area contributed by atoms with Gasteiger partial charge in [-0.2, -0.15) is 0 Å². The molecule has 0 saturated carbocycles. The zero-order valence-electron chi connectivity index (χ0n) is 20.3. The summed E-state index contributed by atoms with van der Waals surface area (Å²) in [5.41, 5.74) is 0.137. The van der Waals surface area contributed by atoms with Gasteiger partial charge in [-0.15, -0.1) is 0 Å². The van der Waals surface area contributed by atoms with Crippen LogP contribution < -0.4 is 4.90 Å². The first kappa shape index (κ1) is 28.3. The molecule has 0 heterocycles. The third kappa shape index (κ3) is 7.05. The molecule has 0 spiro atoms. The van der Waals surface area contributed by atoms with E-state index in [9.17, 15) is 19.2 Å². The molecule has 0 aliphatic rings. The van der Waals surface area contributed by atoms with Crippen LogP contribution in [0.25, 0.3) is 0 Å². The number of ketones is 1. The second-order valence-electron chi connectivity index (χ2n) is 9.06. The first-order valence-corrected chi connectivity index (χ1v) is 11.9. The van der Waals surface area contributed by atoms with E-state index in [1.807, 2.05) is 27.7 Å². The van der Waals surface area contributed by atoms with Gasteiger partial charge < -0.3 is 14.7 Å². The zero-order chi connectivity index (χ0) is 26.5. The van der Waals surface area contributed by atoms with Crippen molar-refractivity contribution in [2.75, 3.05) is 4.90 Å². The number of carbonyl (C=O) groups excluding carboxylic acids is 3. The van der Waals surface area contributed by atoms with Gasteiger partial charge in [0.05, 0.1) is 28.6 Å². The van der Waals surface area contributed by atoms with Gasteiger partial charge in [0.25, 0.3) is 0 Å². The summed E-state index contributed by atoms with van der Waals surface area (Å²) in [7, 11) is 0. The normalized spacial score (nSPS) is 11.5. The topological polar surface area (TPSA) is 101 Å². The summed E-state index contributed by atoms with van der Waals surface area (Å²) in [4.78, 5) is 50.9. The maximum Gasteiger partial charge on any atom is 0.375 e. The first-order chi connectivity index (χ1) is 16.3. The van der Waals surface area contributed by atoms with Crippen molar-refractivity contribution in [1.82, 2.24) is 0 Å². The van der Waals surface area contributed by atoms with Gasteiger partial charge >= 0.3 is 11.9 Å². The van der Waals surface area contributed by atoms with Gasteiger partial charge in [0.2, 0.25) is 11.7 Å². The molecule has 0 fully saturated rings. The molecule has 2 aromatic rings. The fourth-order valence-electron chi connectivity index (χ4n) is 3.39. The predicted octanol–water partition coefficient (Wildman–Crippen LogP) is 5.80. The monoisotopic (exact) mass is 521 g/mol. The van der Waals surface area contributed by atoms with E-state index in [0.717, 1.165) is 0 Å². The van der Waals surface area contributed by atoms with Crippen LogP contribution in [-0.2, 0) is 25.7 Å². The Morgan fingerprint density at radius 2 is 1.51 bits per heavy atom. The summed E-state index contributed by atoms with van der Waals surface area (Å²) >= 11 is 12.1. The standard InChI is InChI=1S/C26H29Cl2NO6/c1-15(2)26(5,16(3)4)35-25(34)22(30)13-23(31)29(14-17-6-11-20(27)21(28)12-17)19-9-7-18(8-10-19)24(32)33/h6-12,15-16H,13-14H2,1-5H3,(H,32,33). The van der Waals surface area contributed by atoms with Gasteiger partial charge in [-0.3, -0.25) is 9.59 Å². The van der Waals surface area contributed by atoms with Gasteiger partial charge in [-0.05, 0) is 60.7 Å². The van der Waals surface area contributed by atoms with E-state index in [0.29, 0.717) is 21.3 Å². The summed E-state index contributed by atoms with van der Waals surface area (Å²) in [6, 6.07) is 10.4. The van der Waals surface area contributed by atoms with Crippen molar-refractivity contribution in [3.63, 3.8) is 0 Å². The van der Waals surface area contributed by atoms with Gasteiger partial charge in [0, 0.05) is 5.69 Å². The van der Waals surface area contributed by atoms with Gasteiger partial charge in [-0.25, -0.2) is 9.59 Å². The minimum atomic E-state index is -1.12. The lowest BCUT2D eigenvalue weighted by atomic mass is 9.82. The largest absolute Gasteiger partial charge is 0.478 e. The quantitative estimate of drug-likeness (QED) is 0.241. The molecule has 0 bridgehead atoms. The predicted molar refractivity (Wildman–Crippen MR) is 135 cm³/mol. The lowest BCUT2D eigenvalue weighted by Crippen LogP contribution is -2.44. The number of carboxylic acids is 1. The lowest BCUT2D eigenvalue weighted by molar-refractivity contribution is -0.173. The van der Waals surface area contributed by atoms with E-state index < -0.39 is 35.7 Å². The fourth-order valence-corrected chi connectivity index (χ4v) is 3.71. The fraction of sp³-hybridized carbons (Fsp3) is 0.385. The van der Waals surface area contributed by atoms with Crippen LogP contribution in [-0.4, -0.2) is 34.3 Å². The van der Waals surface area contributed by atoms with Crippen LogP contribution in [0.15, 0.2) is 42.5 Å². The number of esters is 1. The number of rotatable bonds is 10. The van der Waals surface area contributed by atoms with E-state index in [2.05, 4.69) is 0 Å². The number of halogens is 2. The third-order valence-electron chi connectivity index (χ3n) is 6.20. The first-order valence-electron chi connectivity index (χ1n) is 11.1. The van der Waals surface area contributed by atoms with Crippen LogP contribution in [0.4, 0.5) is 5.69 Å². The van der Waals surface area contributed by atoms with Crippen molar-refractivity contribution in [2.45, 2.75) is 53.2 Å². The highest BCUT2D eigenvalue weighted by atomic mass is 35.5. The molecule has 35 heavy (non-hydrogen) atoms. The van der Waals surface area contributed by atoms with Crippen LogP contribution in [0.5, 0.6) is 0 Å². The molecule has 0 atom stereocenters. The number of anilines is 1. The zero-order valence-corrected chi connectivity index (χ0v) is 21.8. The molecule has 0 saturated heterocycles. The number of carboxylic acid groups (broad SMARTS) is 1. The maximum atomic E-state index is 13.2. The highest BCUT2D eigenvalue weighted by Gasteiger charge is 2.38. The molecule has 1 N–H and O–H groups in total. The molecule has 2 rings (SSSR count). The third-order valence-corrected chi connectivity index (χ3v) is 6.94. The van der Waals surface area contributed by atoms with Gasteiger partial charge in [-0.1, -0.05) is 57.0 Å². The molecule has 9 heteroatoms. The van der Waals surface area contributed by atoms with E-state index >= 15 is 0 Å². The van der Waals surface area contributed by atoms with Crippen molar-refractivity contribution in [3.05, 3.63) is 63.6 Å². The molecule has 0 radical (unpaired) electrons. The number of benzene rings is 2. The molecular formula is C26H29Cl2NO6. The number of amides is 1. The average molecular weight is 522 g/mol. The molecule has 2 aromatic carbocycles. The van der Waals surface area contributed by atoms with E-state index in [-0.39, 0.29) is 23.9 Å². The molecule has 0 aromatic heterocycles. The van der Waals surface area contributed by atoms with Crippen LogP contribution in [0, 0.1) is 11.8 Å². The Labute approximate surface area is 215 Å². The number of hydrogen-bond donors (Lipinski definition) is 1. The number of ether oxygens (including phenoxy) is 1. The Balaban J connectivity index is 2.30. The van der Waals surface area contributed by atoms with Crippen LogP contribution in [0.3, 0.4) is 0 Å². The molecule has 1 amide bonds. The second-order valence-corrected chi connectivity index (χ2v) is 9.88. The SMILES string of the molecule is CC(C)C(C)(OC(=O)C(=O)CC(=O)N(Cc1ccc(Cl)c(Cl)c1)c1ccc(C(=O)O)cc1)C(C)C. The molecule has 0 aliphatic heterocycles. The number of aromatic carboxylic acids is 1. The minimum absolute atomic E-state index is 0.0141. The highest BCUT2D eigenvalue weighted by Crippen LogP contribution is 2.30. The highest BCUT2D eigenvalue weighted by molar-refractivity contribution is 6.42. The van der Waals surface area contributed by atoms with E-state index in [4.69, 9.17) is 33.0 Å². The second kappa shape index (κ2) is 11.7. The Morgan fingerprint density at radius 3 is 2.00 bits per heavy atom. The summed E-state index contributed by atoms with van der Waals surface area (Å²) in [6.45, 7) is 9.34. The van der Waals surface area contributed by atoms with Crippen LogP contribution in [0.2, 0.25) is 10.0 Å². The van der Waals surface area contributed by atoms with Crippen LogP contribution >= 0.6 is 23.2 Å². The maximum absolute atomic E-state index is 13.2. The van der Waals surface area contributed by atoms with Crippen molar-refractivity contribution >= 4 is 52.5 Å². The average Bonchev–Trinajstić information content (AvgIpc) is 2.79. The number of Topliss-reactive ketones (excluding diaryl/α,β-unsaturated/α-hetero) is 1. The van der Waals surface area contributed by atoms with Gasteiger partial charge in [0.15, 0.2) is 0 Å². The lowest BCUT2D eigenvalue weighted by Gasteiger charge is -2.37. The Morgan fingerprint density at radius 1 is 0.943 bits per heavy atom. The Kier molecular flexibility index (Phi) is 9.46. The Hall–Kier alpha value is -2.90. The molecule has 0 aliphatic carbocycles. The molecule has 0 unspecified atom stereocenters. The summed E-state index contributed by atoms with van der Waals surface area (Å²) in [5, 5.41) is 9.80. The number of hydrogen-bond acceptors (Lipinski definition) is 5. The van der Waals surface area contributed by atoms with Crippen molar-refractivity contribution in [1.29, 1.82) is 0 Å². The Bertz CT molecular complexity index is 1100. The minimum Gasteiger partial charge on any atom is -0.478 e. The van der Waals surface area contributed by atoms with Crippen LogP contribution in [0.1, 0.15) is 57.0 Å². The number of carbonyl (C=O) groups is 4.